The molecule has 0 saturated carbocycles. The van der Waals surface area contributed by atoms with Crippen LogP contribution in [0.15, 0.2) is 12.7 Å². The van der Waals surface area contributed by atoms with Crippen LogP contribution in [0.5, 0.6) is 0 Å². The summed E-state index contributed by atoms with van der Waals surface area (Å²) < 4.78 is 12.1. The minimum atomic E-state index is -1.15. The van der Waals surface area contributed by atoms with Crippen molar-refractivity contribution in [2.45, 2.75) is 117 Å². The molecule has 1 N–H and O–H groups in total. The Hall–Kier alpha value is -1.93. The molecule has 3 fully saturated rings. The molecule has 38 heavy (non-hydrogen) atoms. The number of amides is 2. The molecule has 2 bridgehead atoms. The van der Waals surface area contributed by atoms with Crippen LogP contribution in [0.3, 0.4) is 0 Å². The number of carbonyl (C=O) groups is 3. The van der Waals surface area contributed by atoms with Crippen LogP contribution < -0.4 is 0 Å². The highest BCUT2D eigenvalue weighted by atomic mass is 16.6. The van der Waals surface area contributed by atoms with E-state index >= 15 is 0 Å². The molecule has 3 heterocycles. The Balaban J connectivity index is 2.18. The van der Waals surface area contributed by atoms with Crippen molar-refractivity contribution in [2.75, 3.05) is 19.8 Å². The van der Waals surface area contributed by atoms with Crippen LogP contribution >= 0.6 is 0 Å². The summed E-state index contributed by atoms with van der Waals surface area (Å²) in [7, 11) is 0. The summed E-state index contributed by atoms with van der Waals surface area (Å²) >= 11 is 0. The van der Waals surface area contributed by atoms with Crippen molar-refractivity contribution < 1.29 is 29.0 Å². The summed E-state index contributed by atoms with van der Waals surface area (Å²) in [6.45, 7) is 22.3. The van der Waals surface area contributed by atoms with E-state index in [9.17, 15) is 19.5 Å². The van der Waals surface area contributed by atoms with Crippen molar-refractivity contribution in [3.8, 4) is 0 Å². The van der Waals surface area contributed by atoms with Crippen molar-refractivity contribution in [3.63, 3.8) is 0 Å². The molecule has 0 radical (unpaired) electrons. The van der Waals surface area contributed by atoms with Gasteiger partial charge in [0.15, 0.2) is 0 Å². The number of nitrogens with zero attached hydrogens (tertiary/aromatic N) is 2. The number of fused-ring (bicyclic) bond motifs is 1. The van der Waals surface area contributed by atoms with Gasteiger partial charge in [-0.2, -0.15) is 0 Å². The Morgan fingerprint density at radius 3 is 2.39 bits per heavy atom. The summed E-state index contributed by atoms with van der Waals surface area (Å²) in [5.41, 5.74) is -2.62. The van der Waals surface area contributed by atoms with Gasteiger partial charge in [0.25, 0.3) is 0 Å². The van der Waals surface area contributed by atoms with Crippen molar-refractivity contribution >= 4 is 17.8 Å². The number of esters is 1. The van der Waals surface area contributed by atoms with Gasteiger partial charge in [0, 0.05) is 12.1 Å². The minimum absolute atomic E-state index is 0.0503. The van der Waals surface area contributed by atoms with Gasteiger partial charge in [0.05, 0.1) is 30.8 Å². The maximum atomic E-state index is 14.8. The second-order valence-electron chi connectivity index (χ2n) is 14.0. The van der Waals surface area contributed by atoms with E-state index < -0.39 is 46.6 Å². The first kappa shape index (κ1) is 30.6. The molecule has 6 atom stereocenters. The highest BCUT2D eigenvalue weighted by Crippen LogP contribution is 2.64. The van der Waals surface area contributed by atoms with Gasteiger partial charge >= 0.3 is 5.97 Å². The summed E-state index contributed by atoms with van der Waals surface area (Å²) in [6.07, 6.45) is 4.02. The van der Waals surface area contributed by atoms with Gasteiger partial charge in [0.1, 0.15) is 17.6 Å². The Morgan fingerprint density at radius 1 is 1.26 bits per heavy atom. The first-order valence-corrected chi connectivity index (χ1v) is 14.2. The fourth-order valence-corrected chi connectivity index (χ4v) is 7.75. The van der Waals surface area contributed by atoms with Crippen LogP contribution in [0, 0.1) is 23.2 Å². The van der Waals surface area contributed by atoms with E-state index in [0.29, 0.717) is 25.8 Å². The van der Waals surface area contributed by atoms with Crippen LogP contribution in [0.2, 0.25) is 0 Å². The second kappa shape index (κ2) is 10.6. The molecule has 8 heteroatoms. The smallest absolute Gasteiger partial charge is 0.312 e. The molecule has 216 valence electrons. The Bertz CT molecular complexity index is 940. The van der Waals surface area contributed by atoms with Crippen LogP contribution in [0.1, 0.15) is 88.0 Å². The van der Waals surface area contributed by atoms with E-state index in [1.165, 1.54) is 0 Å². The number of aliphatic hydroxyl groups excluding tert-OH is 1. The number of likely N-dealkylation sites (tertiary alicyclic amines) is 1. The first-order valence-electron chi connectivity index (χ1n) is 14.2. The molecule has 1 spiro atoms. The summed E-state index contributed by atoms with van der Waals surface area (Å²) in [4.78, 5) is 45.7. The zero-order valence-electron chi connectivity index (χ0n) is 25.0. The number of ether oxygens (including phenoxy) is 2. The Kier molecular flexibility index (Phi) is 8.51. The molecular weight excluding hydrogens is 484 g/mol. The summed E-state index contributed by atoms with van der Waals surface area (Å²) in [6, 6.07) is -1.51. The van der Waals surface area contributed by atoms with Crippen LogP contribution in [0.4, 0.5) is 0 Å². The van der Waals surface area contributed by atoms with E-state index in [-0.39, 0.29) is 36.4 Å². The van der Waals surface area contributed by atoms with Crippen molar-refractivity contribution in [2.24, 2.45) is 23.2 Å². The zero-order chi connectivity index (χ0) is 28.8. The molecule has 0 aromatic rings. The molecule has 0 aliphatic carbocycles. The van der Waals surface area contributed by atoms with Crippen molar-refractivity contribution in [3.05, 3.63) is 12.7 Å². The maximum Gasteiger partial charge on any atom is 0.312 e. The van der Waals surface area contributed by atoms with E-state index in [1.807, 2.05) is 39.5 Å². The molecule has 3 saturated heterocycles. The predicted octanol–water partition coefficient (Wildman–Crippen LogP) is 3.95. The first-order chi connectivity index (χ1) is 17.5. The van der Waals surface area contributed by atoms with Crippen LogP contribution in [0.25, 0.3) is 0 Å². The van der Waals surface area contributed by atoms with Gasteiger partial charge < -0.3 is 24.4 Å². The average Bonchev–Trinajstić information content (AvgIpc) is 3.34. The molecule has 2 unspecified atom stereocenters. The third kappa shape index (κ3) is 5.15. The molecule has 3 rings (SSSR count). The lowest BCUT2D eigenvalue weighted by molar-refractivity contribution is -0.163. The lowest BCUT2D eigenvalue weighted by Crippen LogP contribution is -2.62. The van der Waals surface area contributed by atoms with E-state index in [1.54, 1.807) is 17.9 Å². The van der Waals surface area contributed by atoms with E-state index in [2.05, 4.69) is 27.4 Å². The van der Waals surface area contributed by atoms with Crippen molar-refractivity contribution in [1.29, 1.82) is 0 Å². The monoisotopic (exact) mass is 534 g/mol. The van der Waals surface area contributed by atoms with Gasteiger partial charge in [-0.15, -0.1) is 6.58 Å². The predicted molar refractivity (Wildman–Crippen MR) is 146 cm³/mol. The minimum Gasteiger partial charge on any atom is -0.466 e. The fourth-order valence-electron chi connectivity index (χ4n) is 7.75. The van der Waals surface area contributed by atoms with Gasteiger partial charge in [-0.3, -0.25) is 14.4 Å². The zero-order valence-corrected chi connectivity index (χ0v) is 25.0. The van der Waals surface area contributed by atoms with Crippen LogP contribution in [-0.2, 0) is 23.9 Å². The molecule has 8 nitrogen and oxygen atoms in total. The van der Waals surface area contributed by atoms with Gasteiger partial charge in [0.2, 0.25) is 11.8 Å². The molecule has 3 aliphatic rings. The van der Waals surface area contributed by atoms with Gasteiger partial charge in [-0.25, -0.2) is 0 Å². The fraction of sp³-hybridized carbons (Fsp3) is 0.833. The summed E-state index contributed by atoms with van der Waals surface area (Å²) in [5.74, 6) is -2.40. The van der Waals surface area contributed by atoms with Crippen molar-refractivity contribution in [1.82, 2.24) is 9.80 Å². The lowest BCUT2D eigenvalue weighted by Gasteiger charge is -2.46. The van der Waals surface area contributed by atoms with Gasteiger partial charge in [-0.05, 0) is 64.7 Å². The Morgan fingerprint density at radius 2 is 1.89 bits per heavy atom. The molecule has 3 aliphatic heterocycles. The summed E-state index contributed by atoms with van der Waals surface area (Å²) in [5, 5.41) is 10.5. The number of hydrogen-bond donors (Lipinski definition) is 1. The molecule has 2 amide bonds. The average molecular weight is 535 g/mol. The van der Waals surface area contributed by atoms with Crippen LogP contribution in [-0.4, -0.2) is 81.3 Å². The third-order valence-electron chi connectivity index (χ3n) is 8.61. The molecular formula is C30H50N2O6. The highest BCUT2D eigenvalue weighted by molar-refractivity contribution is 5.99. The number of rotatable bonds is 11. The van der Waals surface area contributed by atoms with E-state index in [4.69, 9.17) is 9.47 Å². The van der Waals surface area contributed by atoms with Gasteiger partial charge in [-0.1, -0.05) is 40.7 Å². The maximum absolute atomic E-state index is 14.8. The highest BCUT2D eigenvalue weighted by Gasteiger charge is 2.79. The normalized spacial score (nSPS) is 31.5. The SMILES string of the molecule is C=CCN(C(=O)C1N([C@@H](CO)CC(C)C)C(=O)[C@@H]2[C@@H](C(=O)OCC)[C@@]3(C)CCC12O3)C(C)(C)CC(C)(C)C. The third-order valence-corrected chi connectivity index (χ3v) is 8.61. The largest absolute Gasteiger partial charge is 0.466 e. The quantitative estimate of drug-likeness (QED) is 0.319. The van der Waals surface area contributed by atoms with E-state index in [0.717, 1.165) is 6.42 Å². The molecule has 0 aromatic carbocycles. The molecule has 0 aromatic heterocycles. The number of hydrogen-bond acceptors (Lipinski definition) is 6. The lowest BCUT2D eigenvalue weighted by atomic mass is 9.66. The topological polar surface area (TPSA) is 96.4 Å². The Labute approximate surface area is 229 Å². The second-order valence-corrected chi connectivity index (χ2v) is 14.0. The number of aliphatic hydroxyl groups is 1. The number of carbonyl (C=O) groups excluding carboxylic acids is 3. The standard InChI is InChI=1S/C30H50N2O6/c1-11-15-31(28(8,9)18-27(5,6)7)25(35)23-30-14-13-29(10,38-30)22(26(36)37-12-2)21(30)24(34)32(23)20(17-33)16-19(3)4/h11,19-23,33H,1,12-18H2,2-10H3/t20-,21+,22+,23?,29-,30?/m1/s1.